The van der Waals surface area contributed by atoms with E-state index in [1.807, 2.05) is 0 Å². The van der Waals surface area contributed by atoms with Gasteiger partial charge in [0.15, 0.2) is 4.75 Å². The molecule has 1 aliphatic heterocycles. The van der Waals surface area contributed by atoms with Crippen LogP contribution in [0, 0.1) is 0 Å². The molecule has 15 heavy (non-hydrogen) atoms. The molecule has 0 aromatic heterocycles. The van der Waals surface area contributed by atoms with Gasteiger partial charge in [-0.25, -0.2) is 12.7 Å². The van der Waals surface area contributed by atoms with Crippen molar-refractivity contribution < 1.29 is 18.0 Å². The molecule has 0 aliphatic carbocycles. The van der Waals surface area contributed by atoms with Crippen molar-refractivity contribution in [2.75, 3.05) is 6.54 Å². The first-order valence-corrected chi connectivity index (χ1v) is 5.68. The average Bonchev–Trinajstić information content (AvgIpc) is 2.11. The number of nitrogens with two attached hydrogens (primary N) is 2. The smallest absolute Gasteiger partial charge is 0.258 e. The highest BCUT2D eigenvalue weighted by atomic mass is 32.2. The number of sulfonamides is 1. The lowest BCUT2D eigenvalue weighted by Gasteiger charge is -2.43. The van der Waals surface area contributed by atoms with Crippen molar-refractivity contribution in [3.05, 3.63) is 0 Å². The maximum Gasteiger partial charge on any atom is 0.258 e. The Morgan fingerprint density at radius 2 is 2.00 bits per heavy atom. The Labute approximate surface area is 87.4 Å². The molecule has 0 spiro atoms. The molecule has 7 nitrogen and oxygen atoms in total. The van der Waals surface area contributed by atoms with Crippen LogP contribution in [0.3, 0.4) is 0 Å². The molecule has 4 N–H and O–H groups in total. The van der Waals surface area contributed by atoms with Crippen LogP contribution in [-0.2, 0) is 19.6 Å². The predicted molar refractivity (Wildman–Crippen MR) is 51.9 cm³/mol. The van der Waals surface area contributed by atoms with E-state index in [1.165, 1.54) is 13.8 Å². The fourth-order valence-electron chi connectivity index (χ4n) is 1.21. The minimum atomic E-state index is -3.68. The molecule has 1 rings (SSSR count). The highest BCUT2D eigenvalue weighted by molar-refractivity contribution is 7.94. The quantitative estimate of drug-likeness (QED) is 0.572. The van der Waals surface area contributed by atoms with Gasteiger partial charge in [0.25, 0.3) is 15.9 Å². The fourth-order valence-corrected chi connectivity index (χ4v) is 2.76. The second-order valence-corrected chi connectivity index (χ2v) is 6.27. The summed E-state index contributed by atoms with van der Waals surface area (Å²) in [6.45, 7) is 2.22. The van der Waals surface area contributed by atoms with Crippen molar-refractivity contribution in [3.8, 4) is 0 Å². The monoisotopic (exact) mass is 235 g/mol. The Morgan fingerprint density at radius 3 is 2.33 bits per heavy atom. The molecular weight excluding hydrogens is 222 g/mol. The van der Waals surface area contributed by atoms with E-state index in [1.54, 1.807) is 0 Å². The Kier molecular flexibility index (Phi) is 2.52. The standard InChI is InChI=1S/C7H13N3O4S/c1-7(2)6(12)10(15(7,13)14)3-4(8)5(9)11/h4H,3,8H2,1-2H3,(H2,9,11). The molecule has 0 aromatic rings. The van der Waals surface area contributed by atoms with Crippen LogP contribution < -0.4 is 11.5 Å². The molecule has 0 radical (unpaired) electrons. The number of rotatable bonds is 3. The molecule has 1 fully saturated rings. The molecule has 0 saturated carbocycles. The minimum absolute atomic E-state index is 0.389. The number of carbonyl (C=O) groups excluding carboxylic acids is 2. The van der Waals surface area contributed by atoms with Gasteiger partial charge in [0.05, 0.1) is 6.54 Å². The molecule has 1 saturated heterocycles. The average molecular weight is 235 g/mol. The van der Waals surface area contributed by atoms with Crippen LogP contribution in [0.1, 0.15) is 13.8 Å². The zero-order valence-electron chi connectivity index (χ0n) is 8.43. The molecule has 0 aromatic carbocycles. The summed E-state index contributed by atoms with van der Waals surface area (Å²) in [4.78, 5) is 22.0. The van der Waals surface area contributed by atoms with Gasteiger partial charge in [-0.3, -0.25) is 9.59 Å². The predicted octanol–water partition coefficient (Wildman–Crippen LogP) is -2.25. The molecule has 8 heteroatoms. The lowest BCUT2D eigenvalue weighted by atomic mass is 10.1. The van der Waals surface area contributed by atoms with E-state index < -0.39 is 32.6 Å². The number of primary amides is 1. The number of hydrogen-bond acceptors (Lipinski definition) is 5. The van der Waals surface area contributed by atoms with Crippen LogP contribution in [0.2, 0.25) is 0 Å². The summed E-state index contributed by atoms with van der Waals surface area (Å²) in [6, 6.07) is -1.17. The highest BCUT2D eigenvalue weighted by Gasteiger charge is 2.60. The van der Waals surface area contributed by atoms with Gasteiger partial charge in [0.1, 0.15) is 6.04 Å². The Hall–Kier alpha value is -1.15. The van der Waals surface area contributed by atoms with E-state index in [0.29, 0.717) is 4.31 Å². The van der Waals surface area contributed by atoms with E-state index in [4.69, 9.17) is 11.5 Å². The summed E-state index contributed by atoms with van der Waals surface area (Å²) in [6.07, 6.45) is 0. The first-order chi connectivity index (χ1) is 6.62. The Morgan fingerprint density at radius 1 is 1.53 bits per heavy atom. The zero-order chi connectivity index (χ0) is 12.0. The third kappa shape index (κ3) is 1.49. The van der Waals surface area contributed by atoms with Gasteiger partial charge in [-0.05, 0) is 13.8 Å². The van der Waals surface area contributed by atoms with E-state index in [2.05, 4.69) is 0 Å². The fraction of sp³-hybridized carbons (Fsp3) is 0.714. The van der Waals surface area contributed by atoms with Crippen LogP contribution in [0.5, 0.6) is 0 Å². The van der Waals surface area contributed by atoms with Crippen LogP contribution in [-0.4, -0.2) is 41.9 Å². The first kappa shape index (κ1) is 11.9. The number of amides is 2. The highest BCUT2D eigenvalue weighted by Crippen LogP contribution is 2.34. The number of carbonyl (C=O) groups is 2. The van der Waals surface area contributed by atoms with Crippen molar-refractivity contribution in [1.82, 2.24) is 4.31 Å². The van der Waals surface area contributed by atoms with Crippen molar-refractivity contribution in [2.45, 2.75) is 24.6 Å². The van der Waals surface area contributed by atoms with Gasteiger partial charge in [0, 0.05) is 0 Å². The van der Waals surface area contributed by atoms with Crippen molar-refractivity contribution in [2.24, 2.45) is 11.5 Å². The third-order valence-corrected chi connectivity index (χ3v) is 4.76. The summed E-state index contributed by atoms with van der Waals surface area (Å²) in [5.41, 5.74) is 10.1. The van der Waals surface area contributed by atoms with Gasteiger partial charge < -0.3 is 11.5 Å². The molecule has 1 aliphatic rings. The molecule has 1 heterocycles. The zero-order valence-corrected chi connectivity index (χ0v) is 9.24. The molecule has 1 unspecified atom stereocenters. The summed E-state index contributed by atoms with van der Waals surface area (Å²) < 4.78 is 22.2. The number of hydrogen-bond donors (Lipinski definition) is 2. The normalized spacial score (nSPS) is 24.5. The first-order valence-electron chi connectivity index (χ1n) is 4.24. The summed E-state index contributed by atoms with van der Waals surface area (Å²) in [5, 5.41) is 0. The van der Waals surface area contributed by atoms with E-state index in [0.717, 1.165) is 0 Å². The van der Waals surface area contributed by atoms with Gasteiger partial charge >= 0.3 is 0 Å². The van der Waals surface area contributed by atoms with Crippen molar-refractivity contribution >= 4 is 21.8 Å². The van der Waals surface area contributed by atoms with E-state index in [9.17, 15) is 18.0 Å². The van der Waals surface area contributed by atoms with Gasteiger partial charge in [-0.2, -0.15) is 0 Å². The second kappa shape index (κ2) is 3.17. The van der Waals surface area contributed by atoms with Crippen LogP contribution in [0.15, 0.2) is 0 Å². The van der Waals surface area contributed by atoms with Crippen LogP contribution in [0.4, 0.5) is 0 Å². The molecule has 86 valence electrons. The van der Waals surface area contributed by atoms with Crippen LogP contribution in [0.25, 0.3) is 0 Å². The summed E-state index contributed by atoms with van der Waals surface area (Å²) in [7, 11) is -3.68. The van der Waals surface area contributed by atoms with Gasteiger partial charge in [-0.1, -0.05) is 0 Å². The summed E-state index contributed by atoms with van der Waals surface area (Å²) in [5.74, 6) is -1.41. The Bertz CT molecular complexity index is 414. The van der Waals surface area contributed by atoms with Crippen molar-refractivity contribution in [1.29, 1.82) is 0 Å². The topological polar surface area (TPSA) is 124 Å². The largest absolute Gasteiger partial charge is 0.368 e. The second-order valence-electron chi connectivity index (χ2n) is 3.86. The Balaban J connectivity index is 2.85. The van der Waals surface area contributed by atoms with Gasteiger partial charge in [-0.15, -0.1) is 0 Å². The lowest BCUT2D eigenvalue weighted by Crippen LogP contribution is -2.69. The molecular formula is C7H13N3O4S. The number of nitrogens with zero attached hydrogens (tertiary/aromatic N) is 1. The molecule has 0 bridgehead atoms. The van der Waals surface area contributed by atoms with E-state index in [-0.39, 0.29) is 6.54 Å². The molecule has 1 atom stereocenters. The van der Waals surface area contributed by atoms with Crippen molar-refractivity contribution in [3.63, 3.8) is 0 Å². The van der Waals surface area contributed by atoms with Gasteiger partial charge in [0.2, 0.25) is 5.91 Å². The summed E-state index contributed by atoms with van der Waals surface area (Å²) >= 11 is 0. The SMILES string of the molecule is CC1(C)C(=O)N(CC(N)C(N)=O)S1(=O)=O. The minimum Gasteiger partial charge on any atom is -0.368 e. The molecule has 2 amide bonds. The maximum absolute atomic E-state index is 11.5. The third-order valence-electron chi connectivity index (χ3n) is 2.40. The van der Waals surface area contributed by atoms with Crippen LogP contribution >= 0.6 is 0 Å². The lowest BCUT2D eigenvalue weighted by molar-refractivity contribution is -0.132. The maximum atomic E-state index is 11.5. The van der Waals surface area contributed by atoms with E-state index >= 15 is 0 Å².